The van der Waals surface area contributed by atoms with E-state index in [1.54, 1.807) is 0 Å². The minimum Gasteiger partial charge on any atom is -0.398 e. The van der Waals surface area contributed by atoms with Gasteiger partial charge in [-0.2, -0.15) is 0 Å². The van der Waals surface area contributed by atoms with Gasteiger partial charge in [0.25, 0.3) is 0 Å². The van der Waals surface area contributed by atoms with Crippen molar-refractivity contribution >= 4 is 5.69 Å². The Morgan fingerprint density at radius 2 is 2.17 bits per heavy atom. The van der Waals surface area contributed by atoms with Gasteiger partial charge in [-0.3, -0.25) is 0 Å². The van der Waals surface area contributed by atoms with E-state index in [1.165, 1.54) is 5.56 Å². The summed E-state index contributed by atoms with van der Waals surface area (Å²) >= 11 is 0. The summed E-state index contributed by atoms with van der Waals surface area (Å²) in [7, 11) is 0. The minimum absolute atomic E-state index is 0.520. The summed E-state index contributed by atoms with van der Waals surface area (Å²) in [5, 5.41) is 0. The van der Waals surface area contributed by atoms with Crippen molar-refractivity contribution in [3.8, 4) is 0 Å². The summed E-state index contributed by atoms with van der Waals surface area (Å²) in [4.78, 5) is 0. The van der Waals surface area contributed by atoms with Gasteiger partial charge < -0.3 is 10.5 Å². The third kappa shape index (κ3) is 1.30. The van der Waals surface area contributed by atoms with E-state index in [0.717, 1.165) is 25.3 Å². The zero-order valence-electron chi connectivity index (χ0n) is 6.99. The van der Waals surface area contributed by atoms with E-state index >= 15 is 0 Å². The van der Waals surface area contributed by atoms with E-state index in [4.69, 9.17) is 10.5 Å². The van der Waals surface area contributed by atoms with Gasteiger partial charge in [0.2, 0.25) is 0 Å². The van der Waals surface area contributed by atoms with E-state index in [2.05, 4.69) is 6.07 Å². The van der Waals surface area contributed by atoms with Crippen LogP contribution in [0.3, 0.4) is 0 Å². The summed E-state index contributed by atoms with van der Waals surface area (Å²) in [6.45, 7) is 1.70. The molecular formula is C10H13NO. The molecule has 1 aromatic rings. The third-order valence-corrected chi connectivity index (χ3v) is 2.37. The van der Waals surface area contributed by atoms with E-state index in [1.807, 2.05) is 18.2 Å². The van der Waals surface area contributed by atoms with Gasteiger partial charge in [-0.1, -0.05) is 18.2 Å². The topological polar surface area (TPSA) is 35.2 Å². The van der Waals surface area contributed by atoms with Crippen LogP contribution in [-0.4, -0.2) is 13.2 Å². The first-order chi connectivity index (χ1) is 5.88. The molecule has 1 fully saturated rings. The molecule has 0 bridgehead atoms. The zero-order valence-corrected chi connectivity index (χ0v) is 6.99. The first kappa shape index (κ1) is 7.62. The molecule has 12 heavy (non-hydrogen) atoms. The summed E-state index contributed by atoms with van der Waals surface area (Å²) < 4.78 is 5.31. The second-order valence-electron chi connectivity index (χ2n) is 3.19. The van der Waals surface area contributed by atoms with Crippen molar-refractivity contribution in [2.24, 2.45) is 0 Å². The maximum atomic E-state index is 5.84. The Kier molecular flexibility index (Phi) is 2.00. The molecule has 0 saturated carbocycles. The molecule has 1 aromatic carbocycles. The van der Waals surface area contributed by atoms with Crippen LogP contribution < -0.4 is 5.73 Å². The van der Waals surface area contributed by atoms with Crippen LogP contribution in [0.15, 0.2) is 24.3 Å². The first-order valence-corrected chi connectivity index (χ1v) is 4.30. The number of ether oxygens (including phenoxy) is 1. The van der Waals surface area contributed by atoms with Crippen LogP contribution in [0.25, 0.3) is 0 Å². The van der Waals surface area contributed by atoms with E-state index in [0.29, 0.717) is 5.92 Å². The van der Waals surface area contributed by atoms with Crippen molar-refractivity contribution in [1.82, 2.24) is 0 Å². The Balaban J connectivity index is 2.26. The number of anilines is 1. The van der Waals surface area contributed by atoms with Crippen LogP contribution in [0.1, 0.15) is 17.9 Å². The second-order valence-corrected chi connectivity index (χ2v) is 3.19. The fraction of sp³-hybridized carbons (Fsp3) is 0.400. The lowest BCUT2D eigenvalue weighted by atomic mass is 9.97. The van der Waals surface area contributed by atoms with Gasteiger partial charge >= 0.3 is 0 Å². The highest BCUT2D eigenvalue weighted by Gasteiger charge is 2.18. The summed E-state index contributed by atoms with van der Waals surface area (Å²) in [6, 6.07) is 8.04. The molecule has 2 heteroatoms. The van der Waals surface area contributed by atoms with Crippen LogP contribution in [0.4, 0.5) is 5.69 Å². The molecule has 1 unspecified atom stereocenters. The molecule has 1 aliphatic heterocycles. The van der Waals surface area contributed by atoms with Gasteiger partial charge in [0.1, 0.15) is 0 Å². The van der Waals surface area contributed by atoms with Crippen LogP contribution >= 0.6 is 0 Å². The van der Waals surface area contributed by atoms with Crippen LogP contribution in [0.5, 0.6) is 0 Å². The van der Waals surface area contributed by atoms with Gasteiger partial charge in [0.15, 0.2) is 0 Å². The SMILES string of the molecule is Nc1ccccc1C1CCOC1. The highest BCUT2D eigenvalue weighted by Crippen LogP contribution is 2.28. The van der Waals surface area contributed by atoms with Gasteiger partial charge in [-0.25, -0.2) is 0 Å². The molecule has 1 saturated heterocycles. The summed E-state index contributed by atoms with van der Waals surface area (Å²) in [5.41, 5.74) is 7.99. The van der Waals surface area contributed by atoms with Crippen molar-refractivity contribution in [3.05, 3.63) is 29.8 Å². The predicted molar refractivity (Wildman–Crippen MR) is 49.0 cm³/mol. The lowest BCUT2D eigenvalue weighted by molar-refractivity contribution is 0.194. The largest absolute Gasteiger partial charge is 0.398 e. The fourth-order valence-corrected chi connectivity index (χ4v) is 1.66. The average Bonchev–Trinajstić information content (AvgIpc) is 2.57. The molecule has 0 radical (unpaired) electrons. The summed E-state index contributed by atoms with van der Waals surface area (Å²) in [6.07, 6.45) is 1.11. The minimum atomic E-state index is 0.520. The molecule has 0 amide bonds. The van der Waals surface area contributed by atoms with Gasteiger partial charge in [-0.15, -0.1) is 0 Å². The van der Waals surface area contributed by atoms with E-state index < -0.39 is 0 Å². The number of nitrogen functional groups attached to an aromatic ring is 1. The number of hydrogen-bond donors (Lipinski definition) is 1. The van der Waals surface area contributed by atoms with Crippen molar-refractivity contribution in [1.29, 1.82) is 0 Å². The molecule has 1 aliphatic rings. The van der Waals surface area contributed by atoms with Crippen molar-refractivity contribution < 1.29 is 4.74 Å². The highest BCUT2D eigenvalue weighted by atomic mass is 16.5. The van der Waals surface area contributed by atoms with Crippen LogP contribution in [0.2, 0.25) is 0 Å². The lowest BCUT2D eigenvalue weighted by Crippen LogP contribution is -2.01. The van der Waals surface area contributed by atoms with Gasteiger partial charge in [0.05, 0.1) is 6.61 Å². The highest BCUT2D eigenvalue weighted by molar-refractivity contribution is 5.48. The molecule has 1 heterocycles. The molecule has 0 spiro atoms. The Bertz CT molecular complexity index is 266. The maximum absolute atomic E-state index is 5.84. The molecule has 2 nitrogen and oxygen atoms in total. The standard InChI is InChI=1S/C10H13NO/c11-10-4-2-1-3-9(10)8-5-6-12-7-8/h1-4,8H,5-7,11H2. The lowest BCUT2D eigenvalue weighted by Gasteiger charge is -2.09. The number of para-hydroxylation sites is 1. The van der Waals surface area contributed by atoms with Crippen molar-refractivity contribution in [2.75, 3.05) is 18.9 Å². The van der Waals surface area contributed by atoms with Gasteiger partial charge in [-0.05, 0) is 18.1 Å². The Hall–Kier alpha value is -1.02. The predicted octanol–water partition coefficient (Wildman–Crippen LogP) is 1.77. The fourth-order valence-electron chi connectivity index (χ4n) is 1.66. The third-order valence-electron chi connectivity index (χ3n) is 2.37. The summed E-state index contributed by atoms with van der Waals surface area (Å²) in [5.74, 6) is 0.520. The quantitative estimate of drug-likeness (QED) is 0.640. The molecule has 2 rings (SSSR count). The normalized spacial score (nSPS) is 22.8. The van der Waals surface area contributed by atoms with Gasteiger partial charge in [0, 0.05) is 18.2 Å². The van der Waals surface area contributed by atoms with Crippen molar-refractivity contribution in [2.45, 2.75) is 12.3 Å². The number of rotatable bonds is 1. The molecular weight excluding hydrogens is 150 g/mol. The van der Waals surface area contributed by atoms with E-state index in [9.17, 15) is 0 Å². The number of benzene rings is 1. The average molecular weight is 163 g/mol. The van der Waals surface area contributed by atoms with E-state index in [-0.39, 0.29) is 0 Å². The first-order valence-electron chi connectivity index (χ1n) is 4.30. The number of hydrogen-bond acceptors (Lipinski definition) is 2. The Morgan fingerprint density at radius 3 is 2.83 bits per heavy atom. The number of nitrogens with two attached hydrogens (primary N) is 1. The molecule has 0 aromatic heterocycles. The van der Waals surface area contributed by atoms with Crippen LogP contribution in [0, 0.1) is 0 Å². The molecule has 2 N–H and O–H groups in total. The molecule has 0 aliphatic carbocycles. The second kappa shape index (κ2) is 3.15. The Morgan fingerprint density at radius 1 is 1.33 bits per heavy atom. The Labute approximate surface area is 72.3 Å². The molecule has 64 valence electrons. The maximum Gasteiger partial charge on any atom is 0.0536 e. The zero-order chi connectivity index (χ0) is 8.39. The monoisotopic (exact) mass is 163 g/mol. The molecule has 1 atom stereocenters. The van der Waals surface area contributed by atoms with Crippen molar-refractivity contribution in [3.63, 3.8) is 0 Å². The van der Waals surface area contributed by atoms with Crippen LogP contribution in [-0.2, 0) is 4.74 Å². The smallest absolute Gasteiger partial charge is 0.0536 e.